The van der Waals surface area contributed by atoms with Crippen molar-refractivity contribution in [2.24, 2.45) is 5.73 Å². The van der Waals surface area contributed by atoms with Gasteiger partial charge in [0.2, 0.25) is 5.88 Å². The molecule has 0 saturated heterocycles. The normalized spacial score (nSPS) is 15.5. The molecule has 3 N–H and O–H groups in total. The molecule has 1 aromatic heterocycles. The number of fused-ring (bicyclic) bond motifs is 1. The number of ether oxygens (including phenoxy) is 4. The van der Waals surface area contributed by atoms with E-state index in [1.165, 1.54) is 24.4 Å². The highest BCUT2D eigenvalue weighted by Gasteiger charge is 2.42. The van der Waals surface area contributed by atoms with Crippen LogP contribution in [0.3, 0.4) is 0 Å². The smallest absolute Gasteiger partial charge is 0.475 e. The molecule has 2 aromatic rings. The van der Waals surface area contributed by atoms with Gasteiger partial charge in [-0.3, -0.25) is 0 Å². The van der Waals surface area contributed by atoms with E-state index in [4.69, 9.17) is 24.7 Å². The van der Waals surface area contributed by atoms with Crippen molar-refractivity contribution in [2.75, 3.05) is 31.7 Å². The summed E-state index contributed by atoms with van der Waals surface area (Å²) in [6.07, 6.45) is -4.58. The van der Waals surface area contributed by atoms with Crippen LogP contribution in [0.4, 0.5) is 23.7 Å². The molecule has 3 rings (SSSR count). The third-order valence-electron chi connectivity index (χ3n) is 4.98. The van der Waals surface area contributed by atoms with E-state index in [9.17, 15) is 18.0 Å². The van der Waals surface area contributed by atoms with E-state index < -0.39 is 23.8 Å². The van der Waals surface area contributed by atoms with Crippen molar-refractivity contribution in [3.63, 3.8) is 0 Å². The second-order valence-electron chi connectivity index (χ2n) is 7.86. The first-order valence-electron chi connectivity index (χ1n) is 11.1. The molecule has 35 heavy (non-hydrogen) atoms. The zero-order valence-electron chi connectivity index (χ0n) is 19.6. The number of alkyl halides is 3. The molecule has 2 heterocycles. The highest BCUT2D eigenvalue weighted by atomic mass is 19.4. The number of nitrogens with one attached hydrogen (secondary N) is 1. The molecule has 0 amide bonds. The summed E-state index contributed by atoms with van der Waals surface area (Å²) < 4.78 is 64.1. The Labute approximate surface area is 201 Å². The van der Waals surface area contributed by atoms with Gasteiger partial charge in [0.1, 0.15) is 5.76 Å². The van der Waals surface area contributed by atoms with Crippen molar-refractivity contribution in [1.82, 2.24) is 4.98 Å². The number of hydrogen-bond acceptors (Lipinski definition) is 8. The molecule has 8 nitrogen and oxygen atoms in total. The highest BCUT2D eigenvalue weighted by Crippen LogP contribution is 2.49. The summed E-state index contributed by atoms with van der Waals surface area (Å²) >= 11 is 0. The maximum atomic E-state index is 14.1. The minimum atomic E-state index is -4.67. The Morgan fingerprint density at radius 2 is 1.97 bits per heavy atom. The van der Waals surface area contributed by atoms with Gasteiger partial charge >= 0.3 is 12.3 Å². The highest BCUT2D eigenvalue weighted by molar-refractivity contribution is 5.71. The lowest BCUT2D eigenvalue weighted by molar-refractivity contribution is -0.138. The standard InChI is InChI=1S/C24H28F3N3O5/c1-4-33-23(31)35-21-18(13-32-12-10-28)30-17-9-11-29-22(34-14(2)3)20(17)19(21)15-7-5-6-8-16(15)24(25,26)27/h5-9,11,14,19,30H,4,10,12-13,28H2,1-3H3. The van der Waals surface area contributed by atoms with Crippen LogP contribution in [-0.2, 0) is 20.4 Å². The summed E-state index contributed by atoms with van der Waals surface area (Å²) in [7, 11) is 0. The Morgan fingerprint density at radius 1 is 1.23 bits per heavy atom. The number of aromatic nitrogens is 1. The maximum Gasteiger partial charge on any atom is 0.513 e. The second-order valence-corrected chi connectivity index (χ2v) is 7.86. The average molecular weight is 495 g/mol. The summed E-state index contributed by atoms with van der Waals surface area (Å²) in [5.41, 5.74) is 5.48. The van der Waals surface area contributed by atoms with Crippen molar-refractivity contribution in [3.05, 3.63) is 64.7 Å². The SMILES string of the molecule is CCOC(=O)OC1=C(COCCN)Nc2ccnc(OC(C)C)c2C1c1ccccc1C(F)(F)F. The van der Waals surface area contributed by atoms with Gasteiger partial charge in [-0.2, -0.15) is 13.2 Å². The van der Waals surface area contributed by atoms with Crippen molar-refractivity contribution >= 4 is 11.8 Å². The number of nitrogens with two attached hydrogens (primary N) is 1. The number of anilines is 1. The van der Waals surface area contributed by atoms with E-state index in [-0.39, 0.29) is 55.4 Å². The molecule has 1 aliphatic heterocycles. The van der Waals surface area contributed by atoms with Crippen LogP contribution in [0.1, 0.15) is 43.4 Å². The van der Waals surface area contributed by atoms with Gasteiger partial charge in [-0.1, -0.05) is 18.2 Å². The fourth-order valence-corrected chi connectivity index (χ4v) is 3.71. The fourth-order valence-electron chi connectivity index (χ4n) is 3.71. The average Bonchev–Trinajstić information content (AvgIpc) is 2.79. The Kier molecular flexibility index (Phi) is 8.57. The zero-order valence-corrected chi connectivity index (χ0v) is 19.6. The van der Waals surface area contributed by atoms with Crippen molar-refractivity contribution in [2.45, 2.75) is 39.0 Å². The first kappa shape index (κ1) is 26.3. The summed E-state index contributed by atoms with van der Waals surface area (Å²) in [6.45, 7) is 5.47. The van der Waals surface area contributed by atoms with E-state index in [0.29, 0.717) is 11.3 Å². The quantitative estimate of drug-likeness (QED) is 0.377. The third kappa shape index (κ3) is 6.23. The van der Waals surface area contributed by atoms with E-state index in [1.807, 2.05) is 0 Å². The van der Waals surface area contributed by atoms with Gasteiger partial charge in [0.05, 0.1) is 48.7 Å². The number of rotatable bonds is 9. The number of carbonyl (C=O) groups excluding carboxylic acids is 1. The first-order valence-corrected chi connectivity index (χ1v) is 11.1. The lowest BCUT2D eigenvalue weighted by atomic mass is 9.83. The fraction of sp³-hybridized carbons (Fsp3) is 0.417. The minimum Gasteiger partial charge on any atom is -0.475 e. The Morgan fingerprint density at radius 3 is 2.63 bits per heavy atom. The van der Waals surface area contributed by atoms with Gasteiger partial charge in [-0.25, -0.2) is 9.78 Å². The summed E-state index contributed by atoms with van der Waals surface area (Å²) in [6, 6.07) is 6.70. The van der Waals surface area contributed by atoms with Crippen LogP contribution in [0.25, 0.3) is 0 Å². The topological polar surface area (TPSA) is 105 Å². The second kappa shape index (κ2) is 11.4. The lowest BCUT2D eigenvalue weighted by Crippen LogP contribution is -2.28. The van der Waals surface area contributed by atoms with Crippen LogP contribution in [0.15, 0.2) is 48.0 Å². The number of pyridine rings is 1. The van der Waals surface area contributed by atoms with Gasteiger partial charge in [0.25, 0.3) is 0 Å². The summed E-state index contributed by atoms with van der Waals surface area (Å²) in [5, 5.41) is 3.10. The van der Waals surface area contributed by atoms with E-state index in [0.717, 1.165) is 6.07 Å². The molecule has 1 atom stereocenters. The molecule has 0 radical (unpaired) electrons. The first-order chi connectivity index (χ1) is 16.7. The van der Waals surface area contributed by atoms with Crippen LogP contribution < -0.4 is 15.8 Å². The van der Waals surface area contributed by atoms with E-state index in [1.54, 1.807) is 26.8 Å². The van der Waals surface area contributed by atoms with Gasteiger partial charge in [-0.05, 0) is 38.5 Å². The molecular weight excluding hydrogens is 467 g/mol. The van der Waals surface area contributed by atoms with Gasteiger partial charge < -0.3 is 30.0 Å². The molecule has 1 aliphatic rings. The molecule has 1 unspecified atom stereocenters. The van der Waals surface area contributed by atoms with Crippen molar-refractivity contribution in [3.8, 4) is 5.88 Å². The molecular formula is C24H28F3N3O5. The van der Waals surface area contributed by atoms with Gasteiger partial charge in [-0.15, -0.1) is 0 Å². The molecule has 0 spiro atoms. The number of carbonyl (C=O) groups is 1. The molecule has 0 fully saturated rings. The number of hydrogen-bond donors (Lipinski definition) is 2. The predicted octanol–water partition coefficient (Wildman–Crippen LogP) is 4.81. The predicted molar refractivity (Wildman–Crippen MR) is 122 cm³/mol. The Balaban J connectivity index is 2.29. The minimum absolute atomic E-state index is 0.0161. The third-order valence-corrected chi connectivity index (χ3v) is 4.98. The summed E-state index contributed by atoms with van der Waals surface area (Å²) in [4.78, 5) is 16.6. The number of benzene rings is 1. The molecule has 1 aromatic carbocycles. The Bertz CT molecular complexity index is 1070. The monoisotopic (exact) mass is 495 g/mol. The largest absolute Gasteiger partial charge is 0.513 e. The van der Waals surface area contributed by atoms with Crippen LogP contribution in [0.2, 0.25) is 0 Å². The molecule has 0 aliphatic carbocycles. The molecule has 0 bridgehead atoms. The van der Waals surface area contributed by atoms with E-state index in [2.05, 4.69) is 10.3 Å². The van der Waals surface area contributed by atoms with E-state index >= 15 is 0 Å². The number of halogens is 3. The van der Waals surface area contributed by atoms with Gasteiger partial charge in [0, 0.05) is 18.4 Å². The molecule has 190 valence electrons. The van der Waals surface area contributed by atoms with Crippen LogP contribution in [0, 0.1) is 0 Å². The lowest BCUT2D eigenvalue weighted by Gasteiger charge is -2.33. The van der Waals surface area contributed by atoms with Crippen molar-refractivity contribution in [1.29, 1.82) is 0 Å². The van der Waals surface area contributed by atoms with Crippen molar-refractivity contribution < 1.29 is 36.9 Å². The van der Waals surface area contributed by atoms with Crippen LogP contribution in [0.5, 0.6) is 5.88 Å². The molecule has 11 heteroatoms. The number of nitrogens with zero attached hydrogens (tertiary/aromatic N) is 1. The zero-order chi connectivity index (χ0) is 25.6. The maximum absolute atomic E-state index is 14.1. The number of allylic oxidation sites excluding steroid dienone is 1. The summed E-state index contributed by atoms with van der Waals surface area (Å²) in [5.74, 6) is -1.20. The van der Waals surface area contributed by atoms with Crippen LogP contribution in [-0.4, -0.2) is 43.6 Å². The Hall–Kier alpha value is -3.31. The van der Waals surface area contributed by atoms with Crippen LogP contribution >= 0.6 is 0 Å². The van der Waals surface area contributed by atoms with Gasteiger partial charge in [0.15, 0.2) is 0 Å². The molecule has 0 saturated carbocycles.